The Hall–Kier alpha value is -2.48. The molecule has 0 atom stereocenters. The van der Waals surface area contributed by atoms with Gasteiger partial charge >= 0.3 is 0 Å². The maximum atomic E-state index is 5.28. The molecule has 152 valence electrons. The normalized spacial score (nSPS) is 16.0. The predicted octanol–water partition coefficient (Wildman–Crippen LogP) is 2.11. The number of guanidine groups is 1. The first-order valence-electron chi connectivity index (χ1n) is 10.3. The number of likely N-dealkylation sites (tertiary alicyclic amines) is 1. The van der Waals surface area contributed by atoms with Crippen molar-refractivity contribution in [3.63, 3.8) is 0 Å². The Morgan fingerprint density at radius 2 is 1.96 bits per heavy atom. The molecule has 0 unspecified atom stereocenters. The zero-order valence-electron chi connectivity index (χ0n) is 16.7. The summed E-state index contributed by atoms with van der Waals surface area (Å²) >= 11 is 0. The van der Waals surface area contributed by atoms with Gasteiger partial charge in [0.05, 0.1) is 0 Å². The fourth-order valence-corrected chi connectivity index (χ4v) is 3.33. The Labute approximate surface area is 166 Å². The molecule has 0 amide bonds. The highest BCUT2D eigenvalue weighted by molar-refractivity contribution is 5.79. The second kappa shape index (κ2) is 11.4. The zero-order chi connectivity index (χ0) is 19.4. The second-order valence-electron chi connectivity index (χ2n) is 7.02. The number of aliphatic imine (C=N–C) groups is 1. The Bertz CT molecular complexity index is 708. The minimum Gasteiger partial charge on any atom is -0.356 e. The maximum absolute atomic E-state index is 5.28. The van der Waals surface area contributed by atoms with Crippen molar-refractivity contribution >= 4 is 5.96 Å². The molecule has 8 nitrogen and oxygen atoms in total. The van der Waals surface area contributed by atoms with Gasteiger partial charge in [0.15, 0.2) is 11.8 Å². The summed E-state index contributed by atoms with van der Waals surface area (Å²) in [5, 5.41) is 10.7. The molecule has 3 rings (SSSR count). The number of nitrogens with zero attached hydrogens (tertiary/aromatic N) is 5. The molecule has 2 aromatic heterocycles. The van der Waals surface area contributed by atoms with Gasteiger partial charge in [0.2, 0.25) is 0 Å². The number of hydrogen-bond acceptors (Lipinski definition) is 6. The minimum absolute atomic E-state index is 0.451. The fourth-order valence-electron chi connectivity index (χ4n) is 3.33. The van der Waals surface area contributed by atoms with Crippen molar-refractivity contribution in [1.29, 1.82) is 0 Å². The van der Waals surface area contributed by atoms with E-state index in [0.29, 0.717) is 30.4 Å². The molecule has 1 saturated heterocycles. The van der Waals surface area contributed by atoms with Gasteiger partial charge < -0.3 is 20.1 Å². The van der Waals surface area contributed by atoms with E-state index in [1.807, 2.05) is 18.2 Å². The van der Waals surface area contributed by atoms with E-state index in [0.717, 1.165) is 25.5 Å². The third kappa shape index (κ3) is 6.60. The molecular formula is C20H31N7O. The summed E-state index contributed by atoms with van der Waals surface area (Å²) in [4.78, 5) is 15.5. The zero-order valence-corrected chi connectivity index (χ0v) is 16.7. The molecule has 1 aliphatic heterocycles. The van der Waals surface area contributed by atoms with Crippen LogP contribution in [0.2, 0.25) is 0 Å². The van der Waals surface area contributed by atoms with Gasteiger partial charge in [-0.15, -0.1) is 0 Å². The van der Waals surface area contributed by atoms with E-state index >= 15 is 0 Å². The first kappa shape index (κ1) is 20.3. The van der Waals surface area contributed by atoms with Crippen molar-refractivity contribution in [2.75, 3.05) is 39.8 Å². The van der Waals surface area contributed by atoms with E-state index in [2.05, 4.69) is 35.7 Å². The van der Waals surface area contributed by atoms with Crippen LogP contribution in [0.4, 0.5) is 0 Å². The lowest BCUT2D eigenvalue weighted by molar-refractivity contribution is 0.282. The molecule has 0 aliphatic carbocycles. The van der Waals surface area contributed by atoms with E-state index in [1.165, 1.54) is 38.8 Å². The monoisotopic (exact) mass is 385 g/mol. The SMILES string of the molecule is CN=C(NCCCN1CCCCCC1)NCCc1noc(-c2ccccn2)n1. The summed E-state index contributed by atoms with van der Waals surface area (Å²) < 4.78 is 5.28. The van der Waals surface area contributed by atoms with E-state index in [1.54, 1.807) is 13.2 Å². The topological polar surface area (TPSA) is 91.5 Å². The van der Waals surface area contributed by atoms with E-state index in [4.69, 9.17) is 4.52 Å². The van der Waals surface area contributed by atoms with Crippen LogP contribution in [0.15, 0.2) is 33.9 Å². The van der Waals surface area contributed by atoms with Gasteiger partial charge in [-0.05, 0) is 51.0 Å². The quantitative estimate of drug-likeness (QED) is 0.408. The minimum atomic E-state index is 0.451. The summed E-state index contributed by atoms with van der Waals surface area (Å²) in [6.07, 6.45) is 8.95. The van der Waals surface area contributed by atoms with Gasteiger partial charge in [-0.25, -0.2) is 0 Å². The molecule has 0 bridgehead atoms. The predicted molar refractivity (Wildman–Crippen MR) is 110 cm³/mol. The third-order valence-corrected chi connectivity index (χ3v) is 4.86. The number of hydrogen-bond donors (Lipinski definition) is 2. The third-order valence-electron chi connectivity index (χ3n) is 4.86. The molecular weight excluding hydrogens is 354 g/mol. The average molecular weight is 386 g/mol. The van der Waals surface area contributed by atoms with Crippen molar-refractivity contribution in [2.45, 2.75) is 38.5 Å². The molecule has 1 fully saturated rings. The van der Waals surface area contributed by atoms with Crippen molar-refractivity contribution in [2.24, 2.45) is 4.99 Å². The Morgan fingerprint density at radius 1 is 1.14 bits per heavy atom. The molecule has 0 radical (unpaired) electrons. The lowest BCUT2D eigenvalue weighted by Gasteiger charge is -2.20. The molecule has 28 heavy (non-hydrogen) atoms. The van der Waals surface area contributed by atoms with Gasteiger partial charge in [0.1, 0.15) is 5.69 Å². The van der Waals surface area contributed by atoms with E-state index in [-0.39, 0.29) is 0 Å². The molecule has 1 aliphatic rings. The number of rotatable bonds is 8. The average Bonchev–Trinajstić information content (AvgIpc) is 3.05. The largest absolute Gasteiger partial charge is 0.356 e. The molecule has 0 spiro atoms. The van der Waals surface area contributed by atoms with Crippen molar-refractivity contribution in [3.05, 3.63) is 30.2 Å². The smallest absolute Gasteiger partial charge is 0.276 e. The summed E-state index contributed by atoms with van der Waals surface area (Å²) in [5.41, 5.74) is 0.691. The van der Waals surface area contributed by atoms with Crippen LogP contribution in [-0.2, 0) is 6.42 Å². The molecule has 3 heterocycles. The highest BCUT2D eigenvalue weighted by Crippen LogP contribution is 2.13. The number of pyridine rings is 1. The van der Waals surface area contributed by atoms with Crippen molar-refractivity contribution in [3.8, 4) is 11.6 Å². The van der Waals surface area contributed by atoms with Gasteiger partial charge in [-0.3, -0.25) is 9.98 Å². The van der Waals surface area contributed by atoms with Crippen LogP contribution in [-0.4, -0.2) is 65.8 Å². The standard InChI is InChI=1S/C20H31N7O/c1-21-20(23-12-8-16-27-14-6-2-3-7-15-27)24-13-10-18-25-19(28-26-18)17-9-4-5-11-22-17/h4-5,9,11H,2-3,6-8,10,12-16H2,1H3,(H2,21,23,24). The van der Waals surface area contributed by atoms with Crippen LogP contribution in [0, 0.1) is 0 Å². The van der Waals surface area contributed by atoms with Gasteiger partial charge in [0, 0.05) is 32.8 Å². The van der Waals surface area contributed by atoms with Crippen LogP contribution in [0.5, 0.6) is 0 Å². The molecule has 0 aromatic carbocycles. The molecule has 2 aromatic rings. The highest BCUT2D eigenvalue weighted by Gasteiger charge is 2.10. The van der Waals surface area contributed by atoms with Gasteiger partial charge in [0.25, 0.3) is 5.89 Å². The van der Waals surface area contributed by atoms with Crippen LogP contribution in [0.1, 0.15) is 37.9 Å². The van der Waals surface area contributed by atoms with Crippen LogP contribution in [0.25, 0.3) is 11.6 Å². The molecule has 0 saturated carbocycles. The Kier molecular flexibility index (Phi) is 8.24. The van der Waals surface area contributed by atoms with Crippen LogP contribution >= 0.6 is 0 Å². The molecule has 2 N–H and O–H groups in total. The summed E-state index contributed by atoms with van der Waals surface area (Å²) in [6, 6.07) is 5.61. The maximum Gasteiger partial charge on any atom is 0.276 e. The van der Waals surface area contributed by atoms with Crippen LogP contribution < -0.4 is 10.6 Å². The van der Waals surface area contributed by atoms with Crippen LogP contribution in [0.3, 0.4) is 0 Å². The van der Waals surface area contributed by atoms with Crippen molar-refractivity contribution < 1.29 is 4.52 Å². The number of nitrogens with one attached hydrogen (secondary N) is 2. The lowest BCUT2D eigenvalue weighted by atomic mass is 10.2. The second-order valence-corrected chi connectivity index (χ2v) is 7.02. The summed E-state index contributed by atoms with van der Waals surface area (Å²) in [5.74, 6) is 1.92. The first-order valence-corrected chi connectivity index (χ1v) is 10.3. The number of aromatic nitrogens is 3. The van der Waals surface area contributed by atoms with Crippen molar-refractivity contribution in [1.82, 2.24) is 30.7 Å². The lowest BCUT2D eigenvalue weighted by Crippen LogP contribution is -2.39. The summed E-state index contributed by atoms with van der Waals surface area (Å²) in [6.45, 7) is 5.26. The fraction of sp³-hybridized carbons (Fsp3) is 0.600. The van der Waals surface area contributed by atoms with Gasteiger partial charge in [-0.2, -0.15) is 4.98 Å². The molecule has 8 heteroatoms. The van der Waals surface area contributed by atoms with E-state index < -0.39 is 0 Å². The highest BCUT2D eigenvalue weighted by atomic mass is 16.5. The summed E-state index contributed by atoms with van der Waals surface area (Å²) in [7, 11) is 1.79. The Morgan fingerprint density at radius 3 is 2.71 bits per heavy atom. The Balaban J connectivity index is 1.32. The van der Waals surface area contributed by atoms with Gasteiger partial charge in [-0.1, -0.05) is 24.1 Å². The first-order chi connectivity index (χ1) is 13.8. The van der Waals surface area contributed by atoms with E-state index in [9.17, 15) is 0 Å².